The Morgan fingerprint density at radius 2 is 2.31 bits per heavy atom. The summed E-state index contributed by atoms with van der Waals surface area (Å²) in [6.45, 7) is 0. The molecule has 4 heteroatoms. The lowest BCUT2D eigenvalue weighted by Gasteiger charge is -2.04. The van der Waals surface area contributed by atoms with Crippen LogP contribution in [0.25, 0.3) is 0 Å². The molecule has 1 aromatic rings. The van der Waals surface area contributed by atoms with E-state index < -0.39 is 5.91 Å². The highest BCUT2D eigenvalue weighted by Crippen LogP contribution is 2.22. The van der Waals surface area contributed by atoms with E-state index >= 15 is 0 Å². The zero-order valence-electron chi connectivity index (χ0n) is 7.21. The minimum atomic E-state index is -0.396. The third-order valence-corrected chi connectivity index (χ3v) is 1.98. The number of primary amides is 1. The Morgan fingerprint density at radius 3 is 2.77 bits per heavy atom. The average Bonchev–Trinajstić information content (AvgIpc) is 2.08. The molecule has 0 fully saturated rings. The Hall–Kier alpha value is -1.22. The van der Waals surface area contributed by atoms with Crippen molar-refractivity contribution < 1.29 is 9.53 Å². The topological polar surface area (TPSA) is 52.3 Å². The maximum atomic E-state index is 10.6. The molecule has 0 saturated heterocycles. The van der Waals surface area contributed by atoms with E-state index in [4.69, 9.17) is 22.1 Å². The number of ether oxygens (including phenoxy) is 1. The highest BCUT2D eigenvalue weighted by atomic mass is 35.5. The van der Waals surface area contributed by atoms with E-state index in [-0.39, 0.29) is 6.42 Å². The molecule has 1 aromatic carbocycles. The predicted molar refractivity (Wildman–Crippen MR) is 50.9 cm³/mol. The molecule has 0 spiro atoms. The molecule has 0 aromatic heterocycles. The Kier molecular flexibility index (Phi) is 3.14. The largest absolute Gasteiger partial charge is 0.497 e. The molecule has 3 nitrogen and oxygen atoms in total. The number of carbonyl (C=O) groups excluding carboxylic acids is 1. The number of rotatable bonds is 3. The normalized spacial score (nSPS) is 9.69. The van der Waals surface area contributed by atoms with Crippen LogP contribution in [0.2, 0.25) is 5.02 Å². The minimum Gasteiger partial charge on any atom is -0.497 e. The van der Waals surface area contributed by atoms with Crippen LogP contribution in [0.5, 0.6) is 5.75 Å². The van der Waals surface area contributed by atoms with Gasteiger partial charge in [0.05, 0.1) is 13.5 Å². The van der Waals surface area contributed by atoms with Crippen molar-refractivity contribution in [2.45, 2.75) is 6.42 Å². The van der Waals surface area contributed by atoms with Gasteiger partial charge in [0.1, 0.15) is 5.75 Å². The fraction of sp³-hybridized carbons (Fsp3) is 0.222. The van der Waals surface area contributed by atoms with Gasteiger partial charge in [0.2, 0.25) is 5.91 Å². The SMILES string of the molecule is COc1ccc(CC(N)=O)c(Cl)c1. The van der Waals surface area contributed by atoms with Crippen LogP contribution in [0.4, 0.5) is 0 Å². The fourth-order valence-electron chi connectivity index (χ4n) is 0.986. The van der Waals surface area contributed by atoms with Crippen LogP contribution in [-0.4, -0.2) is 13.0 Å². The predicted octanol–water partition coefficient (Wildman–Crippen LogP) is 1.38. The molecule has 0 aliphatic heterocycles. The molecule has 2 N–H and O–H groups in total. The van der Waals surface area contributed by atoms with Crippen molar-refractivity contribution in [3.05, 3.63) is 28.8 Å². The smallest absolute Gasteiger partial charge is 0.221 e. The first kappa shape index (κ1) is 9.86. The number of hydrogen-bond acceptors (Lipinski definition) is 2. The summed E-state index contributed by atoms with van der Waals surface area (Å²) in [6.07, 6.45) is 0.156. The zero-order valence-corrected chi connectivity index (χ0v) is 7.97. The molecule has 0 saturated carbocycles. The van der Waals surface area contributed by atoms with Crippen LogP contribution in [-0.2, 0) is 11.2 Å². The second-order valence-corrected chi connectivity index (χ2v) is 3.01. The van der Waals surface area contributed by atoms with E-state index in [1.165, 1.54) is 0 Å². The Balaban J connectivity index is 2.91. The lowest BCUT2D eigenvalue weighted by molar-refractivity contribution is -0.117. The number of methoxy groups -OCH3 is 1. The van der Waals surface area contributed by atoms with Crippen molar-refractivity contribution in [3.63, 3.8) is 0 Å². The number of nitrogens with two attached hydrogens (primary N) is 1. The van der Waals surface area contributed by atoms with E-state index in [9.17, 15) is 4.79 Å². The number of carbonyl (C=O) groups is 1. The van der Waals surface area contributed by atoms with Crippen molar-refractivity contribution in [1.29, 1.82) is 0 Å². The number of amides is 1. The molecule has 0 unspecified atom stereocenters. The first-order valence-corrected chi connectivity index (χ1v) is 4.12. The zero-order chi connectivity index (χ0) is 9.84. The van der Waals surface area contributed by atoms with Gasteiger partial charge in [-0.05, 0) is 17.7 Å². The Bertz CT molecular complexity index is 325. The van der Waals surface area contributed by atoms with Crippen molar-refractivity contribution in [3.8, 4) is 5.75 Å². The van der Waals surface area contributed by atoms with Gasteiger partial charge in [-0.2, -0.15) is 0 Å². The second-order valence-electron chi connectivity index (χ2n) is 2.60. The summed E-state index contributed by atoms with van der Waals surface area (Å²) < 4.78 is 4.95. The lowest BCUT2D eigenvalue weighted by Crippen LogP contribution is -2.13. The van der Waals surface area contributed by atoms with Gasteiger partial charge in [-0.1, -0.05) is 17.7 Å². The minimum absolute atomic E-state index is 0.156. The summed E-state index contributed by atoms with van der Waals surface area (Å²) in [6, 6.07) is 5.12. The molecule has 0 aliphatic carbocycles. The number of halogens is 1. The summed E-state index contributed by atoms with van der Waals surface area (Å²) in [5, 5.41) is 0.498. The van der Waals surface area contributed by atoms with Crippen molar-refractivity contribution in [2.24, 2.45) is 5.73 Å². The quantitative estimate of drug-likeness (QED) is 0.800. The molecule has 0 bridgehead atoms. The second kappa shape index (κ2) is 4.14. The molecule has 0 aliphatic rings. The van der Waals surface area contributed by atoms with Gasteiger partial charge in [0, 0.05) is 5.02 Å². The average molecular weight is 200 g/mol. The summed E-state index contributed by atoms with van der Waals surface area (Å²) in [4.78, 5) is 10.6. The summed E-state index contributed by atoms with van der Waals surface area (Å²) in [7, 11) is 1.55. The summed E-state index contributed by atoms with van der Waals surface area (Å²) in [5.41, 5.74) is 5.75. The van der Waals surface area contributed by atoms with E-state index in [0.29, 0.717) is 10.8 Å². The Labute approximate surface area is 81.4 Å². The van der Waals surface area contributed by atoms with Crippen LogP contribution >= 0.6 is 11.6 Å². The third kappa shape index (κ3) is 2.63. The number of benzene rings is 1. The van der Waals surface area contributed by atoms with E-state index in [2.05, 4.69) is 0 Å². The van der Waals surface area contributed by atoms with Gasteiger partial charge >= 0.3 is 0 Å². The molecular formula is C9H10ClNO2. The van der Waals surface area contributed by atoms with Crippen molar-refractivity contribution in [1.82, 2.24) is 0 Å². The molecule has 1 amide bonds. The lowest BCUT2D eigenvalue weighted by atomic mass is 10.1. The summed E-state index contributed by atoms with van der Waals surface area (Å²) in [5.74, 6) is 0.269. The fourth-order valence-corrected chi connectivity index (χ4v) is 1.22. The highest BCUT2D eigenvalue weighted by Gasteiger charge is 2.04. The van der Waals surface area contributed by atoms with Crippen molar-refractivity contribution >= 4 is 17.5 Å². The molecule has 70 valence electrons. The van der Waals surface area contributed by atoms with Crippen LogP contribution < -0.4 is 10.5 Å². The van der Waals surface area contributed by atoms with Crippen LogP contribution in [0.1, 0.15) is 5.56 Å². The monoisotopic (exact) mass is 199 g/mol. The molecule has 13 heavy (non-hydrogen) atoms. The maximum absolute atomic E-state index is 10.6. The van der Waals surface area contributed by atoms with E-state index in [0.717, 1.165) is 5.56 Å². The van der Waals surface area contributed by atoms with Crippen LogP contribution in [0, 0.1) is 0 Å². The van der Waals surface area contributed by atoms with E-state index in [1.54, 1.807) is 25.3 Å². The molecule has 0 heterocycles. The number of hydrogen-bond donors (Lipinski definition) is 1. The van der Waals surface area contributed by atoms with Gasteiger partial charge < -0.3 is 10.5 Å². The maximum Gasteiger partial charge on any atom is 0.221 e. The van der Waals surface area contributed by atoms with Crippen LogP contribution in [0.3, 0.4) is 0 Å². The molecule has 0 atom stereocenters. The van der Waals surface area contributed by atoms with Gasteiger partial charge in [-0.25, -0.2) is 0 Å². The van der Waals surface area contributed by atoms with Gasteiger partial charge in [0.25, 0.3) is 0 Å². The first-order valence-electron chi connectivity index (χ1n) is 3.74. The standard InChI is InChI=1S/C9H10ClNO2/c1-13-7-3-2-6(4-9(11)12)8(10)5-7/h2-3,5H,4H2,1H3,(H2,11,12). The van der Waals surface area contributed by atoms with E-state index in [1.807, 2.05) is 0 Å². The molecule has 1 rings (SSSR count). The summed E-state index contributed by atoms with van der Waals surface area (Å²) >= 11 is 5.86. The van der Waals surface area contributed by atoms with Gasteiger partial charge in [-0.3, -0.25) is 4.79 Å². The molecule has 0 radical (unpaired) electrons. The Morgan fingerprint density at radius 1 is 1.62 bits per heavy atom. The van der Waals surface area contributed by atoms with Gasteiger partial charge in [-0.15, -0.1) is 0 Å². The molecular weight excluding hydrogens is 190 g/mol. The van der Waals surface area contributed by atoms with Gasteiger partial charge in [0.15, 0.2) is 0 Å². The third-order valence-electron chi connectivity index (χ3n) is 1.62. The van der Waals surface area contributed by atoms with Crippen LogP contribution in [0.15, 0.2) is 18.2 Å². The first-order chi connectivity index (χ1) is 6.13. The highest BCUT2D eigenvalue weighted by molar-refractivity contribution is 6.31. The van der Waals surface area contributed by atoms with Crippen molar-refractivity contribution in [2.75, 3.05) is 7.11 Å².